The Bertz CT molecular complexity index is 465. The summed E-state index contributed by atoms with van der Waals surface area (Å²) in [4.78, 5) is 2.43. The quantitative estimate of drug-likeness (QED) is 0.817. The molecule has 1 aromatic rings. The van der Waals surface area contributed by atoms with Crippen molar-refractivity contribution < 1.29 is 4.74 Å². The average Bonchev–Trinajstić information content (AvgIpc) is 2.38. The smallest absolute Gasteiger partial charge is 0.135 e. The Morgan fingerprint density at radius 2 is 2.10 bits per heavy atom. The Balaban J connectivity index is 2.18. The number of nitrogens with zero attached hydrogens (tertiary/aromatic N) is 1. The highest BCUT2D eigenvalue weighted by molar-refractivity contribution is 9.11. The van der Waals surface area contributed by atoms with Crippen LogP contribution >= 0.6 is 31.9 Å². The summed E-state index contributed by atoms with van der Waals surface area (Å²) in [6.07, 6.45) is 1.21. The van der Waals surface area contributed by atoms with E-state index in [1.54, 1.807) is 7.11 Å². The van der Waals surface area contributed by atoms with Crippen molar-refractivity contribution in [1.82, 2.24) is 5.32 Å². The zero-order valence-corrected chi connectivity index (χ0v) is 15.4. The molecule has 0 aliphatic carbocycles. The van der Waals surface area contributed by atoms with Crippen LogP contribution < -0.4 is 15.0 Å². The highest BCUT2D eigenvalue weighted by Crippen LogP contribution is 2.37. The van der Waals surface area contributed by atoms with Crippen molar-refractivity contribution in [2.45, 2.75) is 26.3 Å². The lowest BCUT2D eigenvalue weighted by molar-refractivity contribution is 0.387. The zero-order chi connectivity index (χ0) is 14.7. The lowest BCUT2D eigenvalue weighted by Crippen LogP contribution is -2.51. The Kier molecular flexibility index (Phi) is 5.75. The molecule has 0 radical (unpaired) electrons. The van der Waals surface area contributed by atoms with Gasteiger partial charge in [0.2, 0.25) is 0 Å². The molecule has 5 heteroatoms. The molecule has 3 nitrogen and oxygen atoms in total. The number of rotatable bonds is 4. The van der Waals surface area contributed by atoms with Crippen LogP contribution in [-0.2, 0) is 0 Å². The molecule has 1 N–H and O–H groups in total. The number of hydrogen-bond donors (Lipinski definition) is 1. The second-order valence-electron chi connectivity index (χ2n) is 5.66. The van der Waals surface area contributed by atoms with Gasteiger partial charge in [0.1, 0.15) is 5.75 Å². The third-order valence-corrected chi connectivity index (χ3v) is 4.83. The minimum atomic E-state index is 0.560. The van der Waals surface area contributed by atoms with Gasteiger partial charge in [-0.3, -0.25) is 0 Å². The van der Waals surface area contributed by atoms with E-state index in [1.165, 1.54) is 12.1 Å². The molecule has 1 aliphatic heterocycles. The number of nitrogens with one attached hydrogen (secondary N) is 1. The number of benzene rings is 1. The van der Waals surface area contributed by atoms with E-state index >= 15 is 0 Å². The minimum absolute atomic E-state index is 0.560. The summed E-state index contributed by atoms with van der Waals surface area (Å²) in [7, 11) is 1.71. The van der Waals surface area contributed by atoms with E-state index in [0.717, 1.165) is 40.2 Å². The fourth-order valence-corrected chi connectivity index (χ4v) is 4.09. The molecule has 1 heterocycles. The van der Waals surface area contributed by atoms with E-state index in [2.05, 4.69) is 68.1 Å². The van der Waals surface area contributed by atoms with E-state index in [1.807, 2.05) is 0 Å². The van der Waals surface area contributed by atoms with Crippen molar-refractivity contribution in [1.29, 1.82) is 0 Å². The Morgan fingerprint density at radius 3 is 2.75 bits per heavy atom. The summed E-state index contributed by atoms with van der Waals surface area (Å²) in [6, 6.07) is 4.73. The second-order valence-corrected chi connectivity index (χ2v) is 7.37. The largest absolute Gasteiger partial charge is 0.495 e. The summed E-state index contributed by atoms with van der Waals surface area (Å²) in [5.41, 5.74) is 1.21. The van der Waals surface area contributed by atoms with Gasteiger partial charge in [0, 0.05) is 36.2 Å². The van der Waals surface area contributed by atoms with Gasteiger partial charge in [0.05, 0.1) is 17.3 Å². The van der Waals surface area contributed by atoms with Crippen LogP contribution in [0, 0.1) is 5.92 Å². The summed E-state index contributed by atoms with van der Waals surface area (Å²) in [5, 5.41) is 3.61. The molecule has 0 amide bonds. The second kappa shape index (κ2) is 7.14. The highest BCUT2D eigenvalue weighted by atomic mass is 79.9. The van der Waals surface area contributed by atoms with Crippen molar-refractivity contribution in [3.8, 4) is 5.75 Å². The Hall–Kier alpha value is -0.260. The summed E-state index contributed by atoms with van der Waals surface area (Å²) >= 11 is 7.19. The van der Waals surface area contributed by atoms with Crippen molar-refractivity contribution >= 4 is 37.5 Å². The van der Waals surface area contributed by atoms with Gasteiger partial charge >= 0.3 is 0 Å². The minimum Gasteiger partial charge on any atom is -0.495 e. The number of ether oxygens (including phenoxy) is 1. The molecule has 0 bridgehead atoms. The first-order valence-corrected chi connectivity index (χ1v) is 8.61. The predicted molar refractivity (Wildman–Crippen MR) is 91.9 cm³/mol. The molecule has 0 spiro atoms. The molecule has 1 atom stereocenters. The zero-order valence-electron chi connectivity index (χ0n) is 12.2. The molecular weight excluding hydrogens is 384 g/mol. The molecular formula is C15H22Br2N2O. The molecule has 1 aliphatic rings. The third-order valence-electron chi connectivity index (χ3n) is 3.57. The number of hydrogen-bond acceptors (Lipinski definition) is 3. The summed E-state index contributed by atoms with van der Waals surface area (Å²) < 4.78 is 7.50. The first-order valence-electron chi connectivity index (χ1n) is 7.02. The fourth-order valence-electron chi connectivity index (χ4n) is 2.69. The Labute approximate surface area is 138 Å². The van der Waals surface area contributed by atoms with Gasteiger partial charge < -0.3 is 15.0 Å². The topological polar surface area (TPSA) is 24.5 Å². The summed E-state index contributed by atoms with van der Waals surface area (Å²) in [6.45, 7) is 7.65. The van der Waals surface area contributed by atoms with Crippen LogP contribution in [0.25, 0.3) is 0 Å². The van der Waals surface area contributed by atoms with E-state index in [9.17, 15) is 0 Å². The molecule has 0 saturated carbocycles. The van der Waals surface area contributed by atoms with Crippen LogP contribution in [-0.4, -0.2) is 32.8 Å². The van der Waals surface area contributed by atoms with Gasteiger partial charge in [-0.15, -0.1) is 0 Å². The van der Waals surface area contributed by atoms with Gasteiger partial charge in [-0.2, -0.15) is 0 Å². The lowest BCUT2D eigenvalue weighted by atomic mass is 10.0. The van der Waals surface area contributed by atoms with Gasteiger partial charge in [-0.25, -0.2) is 0 Å². The fraction of sp³-hybridized carbons (Fsp3) is 0.600. The van der Waals surface area contributed by atoms with E-state index in [4.69, 9.17) is 4.74 Å². The maximum absolute atomic E-state index is 5.41. The van der Waals surface area contributed by atoms with Crippen molar-refractivity contribution in [3.05, 3.63) is 21.1 Å². The van der Waals surface area contributed by atoms with Crippen LogP contribution in [0.2, 0.25) is 0 Å². The molecule has 2 rings (SSSR count). The highest BCUT2D eigenvalue weighted by Gasteiger charge is 2.22. The first-order chi connectivity index (χ1) is 9.51. The predicted octanol–water partition coefficient (Wildman–Crippen LogP) is 4.04. The third kappa shape index (κ3) is 3.89. The van der Waals surface area contributed by atoms with Crippen molar-refractivity contribution in [2.24, 2.45) is 5.92 Å². The van der Waals surface area contributed by atoms with Crippen LogP contribution in [0.3, 0.4) is 0 Å². The maximum Gasteiger partial charge on any atom is 0.135 e. The van der Waals surface area contributed by atoms with Gasteiger partial charge in [0.25, 0.3) is 0 Å². The standard InChI is InChI=1S/C15H22Br2N2O/c1-10(2)6-11-9-19(5-4-18-11)14-8-15(20-3)13(17)7-12(14)16/h7-8,10-11,18H,4-6,9H2,1-3H3. The van der Waals surface area contributed by atoms with Crippen LogP contribution in [0.1, 0.15) is 20.3 Å². The van der Waals surface area contributed by atoms with Crippen molar-refractivity contribution in [2.75, 3.05) is 31.6 Å². The molecule has 112 valence electrons. The van der Waals surface area contributed by atoms with Crippen LogP contribution in [0.15, 0.2) is 21.1 Å². The summed E-state index contributed by atoms with van der Waals surface area (Å²) in [5.74, 6) is 1.59. The molecule has 1 saturated heterocycles. The van der Waals surface area contributed by atoms with E-state index in [-0.39, 0.29) is 0 Å². The SMILES string of the molecule is COc1cc(N2CCNC(CC(C)C)C2)c(Br)cc1Br. The van der Waals surface area contributed by atoms with E-state index in [0.29, 0.717) is 6.04 Å². The molecule has 0 aromatic heterocycles. The van der Waals surface area contributed by atoms with Gasteiger partial charge in [-0.05, 0) is 50.3 Å². The number of methoxy groups -OCH3 is 1. The average molecular weight is 406 g/mol. The Morgan fingerprint density at radius 1 is 1.35 bits per heavy atom. The van der Waals surface area contributed by atoms with Gasteiger partial charge in [-0.1, -0.05) is 13.8 Å². The molecule has 1 aromatic carbocycles. The monoisotopic (exact) mass is 404 g/mol. The van der Waals surface area contributed by atoms with Crippen molar-refractivity contribution in [3.63, 3.8) is 0 Å². The molecule has 1 unspecified atom stereocenters. The normalized spacial score (nSPS) is 19.5. The molecule has 20 heavy (non-hydrogen) atoms. The van der Waals surface area contributed by atoms with Crippen LogP contribution in [0.5, 0.6) is 5.75 Å². The van der Waals surface area contributed by atoms with E-state index < -0.39 is 0 Å². The van der Waals surface area contributed by atoms with Crippen LogP contribution in [0.4, 0.5) is 5.69 Å². The number of halogens is 2. The number of anilines is 1. The lowest BCUT2D eigenvalue weighted by Gasteiger charge is -2.36. The first kappa shape index (κ1) is 16.1. The number of piperazine rings is 1. The molecule has 1 fully saturated rings. The maximum atomic E-state index is 5.41. The van der Waals surface area contributed by atoms with Gasteiger partial charge in [0.15, 0.2) is 0 Å².